The van der Waals surface area contributed by atoms with Gasteiger partial charge >= 0.3 is 0 Å². The Morgan fingerprint density at radius 1 is 1.16 bits per heavy atom. The number of aryl methyl sites for hydroxylation is 1. The number of sulfonamides is 1. The van der Waals surface area contributed by atoms with Gasteiger partial charge in [-0.15, -0.1) is 11.8 Å². The Hall–Kier alpha value is -2.36. The lowest BCUT2D eigenvalue weighted by Crippen LogP contribution is -2.33. The molecule has 0 unspecified atom stereocenters. The number of carbonyl (C=O) groups is 2. The molecule has 0 bridgehead atoms. The van der Waals surface area contributed by atoms with Gasteiger partial charge in [0.25, 0.3) is 0 Å². The van der Waals surface area contributed by atoms with E-state index in [9.17, 15) is 18.0 Å². The first kappa shape index (κ1) is 22.8. The van der Waals surface area contributed by atoms with Crippen LogP contribution in [0.1, 0.15) is 30.4 Å². The number of hydrogen-bond acceptors (Lipinski definition) is 5. The van der Waals surface area contributed by atoms with Gasteiger partial charge in [-0.25, -0.2) is 13.1 Å². The second-order valence-corrected chi connectivity index (χ2v) is 11.1. The lowest BCUT2D eigenvalue weighted by molar-refractivity contribution is -0.133. The molecule has 2 aromatic rings. The quantitative estimate of drug-likeness (QED) is 0.672. The Labute approximate surface area is 193 Å². The number of amides is 2. The van der Waals surface area contributed by atoms with Crippen LogP contribution >= 0.6 is 11.8 Å². The van der Waals surface area contributed by atoms with Crippen molar-refractivity contribution in [3.05, 3.63) is 53.6 Å². The van der Waals surface area contributed by atoms with Crippen LogP contribution in [0.2, 0.25) is 0 Å². The summed E-state index contributed by atoms with van der Waals surface area (Å²) in [6.07, 6.45) is 2.20. The average molecular weight is 474 g/mol. The third-order valence-corrected chi connectivity index (χ3v) is 8.43. The van der Waals surface area contributed by atoms with E-state index in [1.54, 1.807) is 12.1 Å². The van der Waals surface area contributed by atoms with Crippen LogP contribution in [0.15, 0.2) is 52.3 Å². The molecule has 2 heterocycles. The van der Waals surface area contributed by atoms with Gasteiger partial charge in [-0.3, -0.25) is 9.59 Å². The molecular weight excluding hydrogens is 446 g/mol. The smallest absolute Gasteiger partial charge is 0.240 e. The third kappa shape index (κ3) is 5.33. The van der Waals surface area contributed by atoms with E-state index in [4.69, 9.17) is 0 Å². The molecule has 4 rings (SSSR count). The normalized spacial score (nSPS) is 18.7. The Bertz CT molecular complexity index is 1110. The van der Waals surface area contributed by atoms with Gasteiger partial charge in [0, 0.05) is 36.7 Å². The molecule has 1 fully saturated rings. The molecule has 2 aliphatic heterocycles. The summed E-state index contributed by atoms with van der Waals surface area (Å²) < 4.78 is 28.2. The molecule has 0 radical (unpaired) electrons. The first-order valence-corrected chi connectivity index (χ1v) is 13.2. The summed E-state index contributed by atoms with van der Waals surface area (Å²) in [5.41, 5.74) is 2.44. The second kappa shape index (κ2) is 9.64. The van der Waals surface area contributed by atoms with E-state index >= 15 is 0 Å². The highest BCUT2D eigenvalue weighted by molar-refractivity contribution is 7.99. The second-order valence-electron chi connectivity index (χ2n) is 8.26. The van der Waals surface area contributed by atoms with Gasteiger partial charge in [0.15, 0.2) is 0 Å². The molecule has 0 saturated carbocycles. The largest absolute Gasteiger partial charge is 0.343 e. The lowest BCUT2D eigenvalue weighted by atomic mass is 10.1. The molecule has 1 atom stereocenters. The fourth-order valence-electron chi connectivity index (χ4n) is 3.83. The summed E-state index contributed by atoms with van der Waals surface area (Å²) in [6, 6.07) is 12.4. The Kier molecular flexibility index (Phi) is 6.88. The minimum absolute atomic E-state index is 0.0118. The highest BCUT2D eigenvalue weighted by Crippen LogP contribution is 2.35. The van der Waals surface area contributed by atoms with E-state index in [-0.39, 0.29) is 29.7 Å². The summed E-state index contributed by atoms with van der Waals surface area (Å²) in [6.45, 7) is 3.68. The number of anilines is 1. The van der Waals surface area contributed by atoms with Crippen LogP contribution in [-0.2, 0) is 26.2 Å². The maximum Gasteiger partial charge on any atom is 0.240 e. The molecule has 2 aromatic carbocycles. The molecule has 0 spiro atoms. The first-order valence-electron chi connectivity index (χ1n) is 10.7. The van der Waals surface area contributed by atoms with E-state index < -0.39 is 15.9 Å². The molecule has 2 aliphatic rings. The number of fused-ring (bicyclic) bond motifs is 1. The number of hydrogen-bond donors (Lipinski definition) is 2. The fourth-order valence-corrected chi connectivity index (χ4v) is 5.95. The van der Waals surface area contributed by atoms with Crippen LogP contribution in [0.5, 0.6) is 0 Å². The summed E-state index contributed by atoms with van der Waals surface area (Å²) in [5.74, 6) is -0.195. The van der Waals surface area contributed by atoms with Crippen LogP contribution < -0.4 is 10.0 Å². The summed E-state index contributed by atoms with van der Waals surface area (Å²) in [7, 11) is -3.75. The number of rotatable bonds is 6. The number of carbonyl (C=O) groups excluding carboxylic acids is 2. The van der Waals surface area contributed by atoms with Gasteiger partial charge in [-0.05, 0) is 43.5 Å². The van der Waals surface area contributed by atoms with E-state index in [2.05, 4.69) is 10.0 Å². The molecule has 0 aromatic heterocycles. The first-order chi connectivity index (χ1) is 15.3. The molecule has 9 heteroatoms. The van der Waals surface area contributed by atoms with Crippen LogP contribution in [0.3, 0.4) is 0 Å². The molecule has 1 saturated heterocycles. The number of nitrogens with one attached hydrogen (secondary N) is 2. The highest BCUT2D eigenvalue weighted by atomic mass is 32.2. The maximum absolute atomic E-state index is 12.8. The van der Waals surface area contributed by atoms with Crippen molar-refractivity contribution in [2.45, 2.75) is 42.5 Å². The summed E-state index contributed by atoms with van der Waals surface area (Å²) >= 11 is 1.47. The molecule has 2 amide bonds. The number of likely N-dealkylation sites (tertiary alicyclic amines) is 1. The Morgan fingerprint density at radius 3 is 2.59 bits per heavy atom. The molecule has 170 valence electrons. The zero-order chi connectivity index (χ0) is 22.7. The molecule has 2 N–H and O–H groups in total. The standard InChI is InChI=1S/C23H27N3O4S2/c1-16-4-6-17(7-5-16)14-24-32(29,30)19-8-9-21-20(13-19)25-23(28)18(15-31-21)12-22(27)26-10-2-3-11-26/h4-9,13,18,24H,2-3,10-12,14-15H2,1H3,(H,25,28)/t18-/m1/s1. The molecule has 7 nitrogen and oxygen atoms in total. The third-order valence-electron chi connectivity index (χ3n) is 5.80. The van der Waals surface area contributed by atoms with Gasteiger partial charge in [0.2, 0.25) is 21.8 Å². The van der Waals surface area contributed by atoms with Gasteiger partial charge in [-0.1, -0.05) is 29.8 Å². The molecule has 32 heavy (non-hydrogen) atoms. The highest BCUT2D eigenvalue weighted by Gasteiger charge is 2.29. The van der Waals surface area contributed by atoms with Gasteiger partial charge in [0.1, 0.15) is 0 Å². The predicted octanol–water partition coefficient (Wildman–Crippen LogP) is 3.15. The predicted molar refractivity (Wildman–Crippen MR) is 125 cm³/mol. The van der Waals surface area contributed by atoms with E-state index in [0.29, 0.717) is 11.4 Å². The van der Waals surface area contributed by atoms with Gasteiger partial charge < -0.3 is 10.2 Å². The topological polar surface area (TPSA) is 95.6 Å². The Balaban J connectivity index is 1.44. The van der Waals surface area contributed by atoms with E-state index in [0.717, 1.165) is 42.0 Å². The molecular formula is C23H27N3O4S2. The van der Waals surface area contributed by atoms with Crippen molar-refractivity contribution in [2.75, 3.05) is 24.2 Å². The van der Waals surface area contributed by atoms with Gasteiger partial charge in [0.05, 0.1) is 16.5 Å². The van der Waals surface area contributed by atoms with E-state index in [1.165, 1.54) is 17.8 Å². The van der Waals surface area contributed by atoms with Crippen molar-refractivity contribution in [2.24, 2.45) is 5.92 Å². The van der Waals surface area contributed by atoms with Crippen molar-refractivity contribution in [3.8, 4) is 0 Å². The molecule has 0 aliphatic carbocycles. The van der Waals surface area contributed by atoms with Crippen molar-refractivity contribution < 1.29 is 18.0 Å². The number of thioether (sulfide) groups is 1. The summed E-state index contributed by atoms with van der Waals surface area (Å²) in [5, 5.41) is 2.84. The maximum atomic E-state index is 12.8. The minimum Gasteiger partial charge on any atom is -0.343 e. The van der Waals surface area contributed by atoms with Crippen molar-refractivity contribution in [1.29, 1.82) is 0 Å². The minimum atomic E-state index is -3.75. The van der Waals surface area contributed by atoms with Crippen LogP contribution in [0, 0.1) is 12.8 Å². The monoisotopic (exact) mass is 473 g/mol. The number of nitrogens with zero attached hydrogens (tertiary/aromatic N) is 1. The number of benzene rings is 2. The van der Waals surface area contributed by atoms with Crippen molar-refractivity contribution in [3.63, 3.8) is 0 Å². The lowest BCUT2D eigenvalue weighted by Gasteiger charge is -2.18. The van der Waals surface area contributed by atoms with Crippen molar-refractivity contribution in [1.82, 2.24) is 9.62 Å². The van der Waals surface area contributed by atoms with Gasteiger partial charge in [-0.2, -0.15) is 0 Å². The van der Waals surface area contributed by atoms with Crippen LogP contribution in [-0.4, -0.2) is 44.0 Å². The van der Waals surface area contributed by atoms with Crippen molar-refractivity contribution >= 4 is 39.3 Å². The summed E-state index contributed by atoms with van der Waals surface area (Å²) in [4.78, 5) is 28.0. The zero-order valence-corrected chi connectivity index (χ0v) is 19.6. The van der Waals surface area contributed by atoms with E-state index in [1.807, 2.05) is 36.1 Å². The Morgan fingerprint density at radius 2 is 1.88 bits per heavy atom. The van der Waals surface area contributed by atoms with Crippen LogP contribution in [0.4, 0.5) is 5.69 Å². The zero-order valence-electron chi connectivity index (χ0n) is 18.0. The SMILES string of the molecule is Cc1ccc(CNS(=O)(=O)c2ccc3c(c2)NC(=O)[C@H](CC(=O)N2CCCC2)CS3)cc1. The van der Waals surface area contributed by atoms with Crippen LogP contribution in [0.25, 0.3) is 0 Å². The fraction of sp³-hybridized carbons (Fsp3) is 0.391. The average Bonchev–Trinajstić information content (AvgIpc) is 3.27.